The van der Waals surface area contributed by atoms with E-state index in [9.17, 15) is 4.79 Å². The number of anilines is 1. The minimum atomic E-state index is 0.351. The highest BCUT2D eigenvalue weighted by atomic mass is 16.2. The number of carbonyl (C=O) groups is 1. The van der Waals surface area contributed by atoms with Crippen LogP contribution in [-0.2, 0) is 11.2 Å². The summed E-state index contributed by atoms with van der Waals surface area (Å²) in [5.74, 6) is 2.52. The van der Waals surface area contributed by atoms with Gasteiger partial charge in [-0.15, -0.1) is 0 Å². The topological polar surface area (TPSA) is 62.2 Å². The number of piperidine rings is 1. The number of amides is 1. The fourth-order valence-corrected chi connectivity index (χ4v) is 4.14. The molecule has 0 saturated carbocycles. The molecule has 0 bridgehead atoms. The SMILES string of the molecule is CCc1cc(N2CCC(CC(=O)N3CCCC3)CC2)nc(-c2ccccn2)n1. The highest BCUT2D eigenvalue weighted by molar-refractivity contribution is 5.76. The Labute approximate surface area is 167 Å². The molecule has 0 aromatic carbocycles. The van der Waals surface area contributed by atoms with Crippen molar-refractivity contribution in [3.8, 4) is 11.5 Å². The van der Waals surface area contributed by atoms with Gasteiger partial charge in [0.25, 0.3) is 0 Å². The molecule has 4 heterocycles. The summed E-state index contributed by atoms with van der Waals surface area (Å²) in [4.78, 5) is 30.7. The molecule has 0 atom stereocenters. The van der Waals surface area contributed by atoms with Crippen molar-refractivity contribution in [3.63, 3.8) is 0 Å². The van der Waals surface area contributed by atoms with Gasteiger partial charge in [-0.1, -0.05) is 13.0 Å². The van der Waals surface area contributed by atoms with Crippen molar-refractivity contribution >= 4 is 11.7 Å². The number of hydrogen-bond acceptors (Lipinski definition) is 5. The zero-order chi connectivity index (χ0) is 19.3. The molecule has 6 nitrogen and oxygen atoms in total. The normalized spacial score (nSPS) is 17.9. The van der Waals surface area contributed by atoms with Crippen LogP contribution in [0.15, 0.2) is 30.5 Å². The first-order chi connectivity index (χ1) is 13.7. The van der Waals surface area contributed by atoms with Crippen molar-refractivity contribution < 1.29 is 4.79 Å². The molecule has 2 saturated heterocycles. The number of nitrogens with zero attached hydrogens (tertiary/aromatic N) is 5. The zero-order valence-electron chi connectivity index (χ0n) is 16.7. The van der Waals surface area contributed by atoms with E-state index in [1.165, 1.54) is 0 Å². The highest BCUT2D eigenvalue weighted by Crippen LogP contribution is 2.27. The Bertz CT molecular complexity index is 796. The summed E-state index contributed by atoms with van der Waals surface area (Å²) in [6.07, 6.45) is 7.77. The summed E-state index contributed by atoms with van der Waals surface area (Å²) >= 11 is 0. The molecule has 4 rings (SSSR count). The number of aromatic nitrogens is 3. The summed E-state index contributed by atoms with van der Waals surface area (Å²) in [5.41, 5.74) is 1.85. The van der Waals surface area contributed by atoms with E-state index in [1.807, 2.05) is 23.1 Å². The average molecular weight is 380 g/mol. The van der Waals surface area contributed by atoms with Crippen molar-refractivity contribution in [1.82, 2.24) is 19.9 Å². The second-order valence-corrected chi connectivity index (χ2v) is 7.83. The molecule has 28 heavy (non-hydrogen) atoms. The number of carbonyl (C=O) groups excluding carboxylic acids is 1. The van der Waals surface area contributed by atoms with Crippen LogP contribution in [0.2, 0.25) is 0 Å². The Hall–Kier alpha value is -2.50. The van der Waals surface area contributed by atoms with Crippen LogP contribution < -0.4 is 4.90 Å². The maximum Gasteiger partial charge on any atom is 0.222 e. The van der Waals surface area contributed by atoms with E-state index >= 15 is 0 Å². The van der Waals surface area contributed by atoms with Gasteiger partial charge in [0.15, 0.2) is 5.82 Å². The van der Waals surface area contributed by atoms with Gasteiger partial charge in [0, 0.05) is 50.6 Å². The fraction of sp³-hybridized carbons (Fsp3) is 0.545. The highest BCUT2D eigenvalue weighted by Gasteiger charge is 2.26. The van der Waals surface area contributed by atoms with Crippen LogP contribution in [0.5, 0.6) is 0 Å². The molecular formula is C22H29N5O. The minimum Gasteiger partial charge on any atom is -0.356 e. The second-order valence-electron chi connectivity index (χ2n) is 7.83. The molecule has 2 aliphatic heterocycles. The third-order valence-corrected chi connectivity index (χ3v) is 5.88. The molecule has 2 aromatic heterocycles. The van der Waals surface area contributed by atoms with E-state index in [2.05, 4.69) is 27.9 Å². The van der Waals surface area contributed by atoms with Gasteiger partial charge in [-0.05, 0) is 50.2 Å². The van der Waals surface area contributed by atoms with Crippen LogP contribution in [-0.4, -0.2) is 51.9 Å². The Morgan fingerprint density at radius 2 is 1.89 bits per heavy atom. The van der Waals surface area contributed by atoms with Crippen molar-refractivity contribution in [2.75, 3.05) is 31.1 Å². The fourth-order valence-electron chi connectivity index (χ4n) is 4.14. The minimum absolute atomic E-state index is 0.351. The molecule has 2 aromatic rings. The lowest BCUT2D eigenvalue weighted by Gasteiger charge is -2.33. The number of rotatable bonds is 5. The lowest BCUT2D eigenvalue weighted by Crippen LogP contribution is -2.37. The first kappa shape index (κ1) is 18.8. The van der Waals surface area contributed by atoms with Gasteiger partial charge >= 0.3 is 0 Å². The average Bonchev–Trinajstić information content (AvgIpc) is 3.30. The Morgan fingerprint density at radius 3 is 2.57 bits per heavy atom. The number of pyridine rings is 1. The van der Waals surface area contributed by atoms with E-state index in [1.54, 1.807) is 6.20 Å². The number of likely N-dealkylation sites (tertiary alicyclic amines) is 1. The standard InChI is InChI=1S/C22H29N5O/c1-2-18-16-20(25-22(24-18)19-7-3-4-10-23-19)26-13-8-17(9-14-26)15-21(28)27-11-5-6-12-27/h3-4,7,10,16-17H,2,5-6,8-9,11-15H2,1H3. The third-order valence-electron chi connectivity index (χ3n) is 5.88. The molecule has 1 amide bonds. The largest absolute Gasteiger partial charge is 0.356 e. The molecule has 148 valence electrons. The second kappa shape index (κ2) is 8.67. The van der Waals surface area contributed by atoms with E-state index in [4.69, 9.17) is 4.98 Å². The molecule has 0 radical (unpaired) electrons. The predicted octanol–water partition coefficient (Wildman–Crippen LogP) is 3.33. The quantitative estimate of drug-likeness (QED) is 0.797. The van der Waals surface area contributed by atoms with Gasteiger partial charge in [-0.3, -0.25) is 9.78 Å². The van der Waals surface area contributed by atoms with Crippen LogP contribution in [0.4, 0.5) is 5.82 Å². The van der Waals surface area contributed by atoms with E-state index in [0.717, 1.165) is 75.5 Å². The number of aryl methyl sites for hydroxylation is 1. The van der Waals surface area contributed by atoms with Crippen LogP contribution in [0, 0.1) is 5.92 Å². The molecule has 6 heteroatoms. The van der Waals surface area contributed by atoms with Crippen molar-refractivity contribution in [1.29, 1.82) is 0 Å². The molecule has 0 unspecified atom stereocenters. The Morgan fingerprint density at radius 1 is 1.11 bits per heavy atom. The zero-order valence-corrected chi connectivity index (χ0v) is 16.7. The van der Waals surface area contributed by atoms with Crippen molar-refractivity contribution in [2.24, 2.45) is 5.92 Å². The van der Waals surface area contributed by atoms with Crippen molar-refractivity contribution in [3.05, 3.63) is 36.2 Å². The molecule has 0 N–H and O–H groups in total. The third kappa shape index (κ3) is 4.32. The van der Waals surface area contributed by atoms with Gasteiger partial charge in [-0.25, -0.2) is 9.97 Å². The Kier molecular flexibility index (Phi) is 5.84. The molecule has 0 spiro atoms. The van der Waals surface area contributed by atoms with Gasteiger partial charge < -0.3 is 9.80 Å². The maximum absolute atomic E-state index is 12.4. The van der Waals surface area contributed by atoms with Crippen molar-refractivity contribution in [2.45, 2.75) is 45.4 Å². The van der Waals surface area contributed by atoms with Crippen LogP contribution in [0.1, 0.15) is 44.7 Å². The molecule has 2 fully saturated rings. The maximum atomic E-state index is 12.4. The number of hydrogen-bond donors (Lipinski definition) is 0. The summed E-state index contributed by atoms with van der Waals surface area (Å²) in [6, 6.07) is 7.92. The van der Waals surface area contributed by atoms with E-state index < -0.39 is 0 Å². The lowest BCUT2D eigenvalue weighted by molar-refractivity contribution is -0.131. The first-order valence-electron chi connectivity index (χ1n) is 10.5. The lowest BCUT2D eigenvalue weighted by atomic mass is 9.93. The van der Waals surface area contributed by atoms with Gasteiger partial charge in [0.05, 0.1) is 0 Å². The molecular weight excluding hydrogens is 350 g/mol. The Balaban J connectivity index is 1.42. The molecule has 2 aliphatic rings. The summed E-state index contributed by atoms with van der Waals surface area (Å²) in [7, 11) is 0. The van der Waals surface area contributed by atoms with Gasteiger partial charge in [0.1, 0.15) is 11.5 Å². The van der Waals surface area contributed by atoms with E-state index in [0.29, 0.717) is 24.1 Å². The summed E-state index contributed by atoms with van der Waals surface area (Å²) < 4.78 is 0. The smallest absolute Gasteiger partial charge is 0.222 e. The monoisotopic (exact) mass is 379 g/mol. The van der Waals surface area contributed by atoms with Gasteiger partial charge in [0.2, 0.25) is 5.91 Å². The van der Waals surface area contributed by atoms with Crippen LogP contribution >= 0.6 is 0 Å². The predicted molar refractivity (Wildman–Crippen MR) is 110 cm³/mol. The van der Waals surface area contributed by atoms with Gasteiger partial charge in [-0.2, -0.15) is 0 Å². The first-order valence-corrected chi connectivity index (χ1v) is 10.5. The van der Waals surface area contributed by atoms with E-state index in [-0.39, 0.29) is 0 Å². The summed E-state index contributed by atoms with van der Waals surface area (Å²) in [5, 5.41) is 0. The van der Waals surface area contributed by atoms with Crippen LogP contribution in [0.25, 0.3) is 11.5 Å². The summed E-state index contributed by atoms with van der Waals surface area (Å²) in [6.45, 7) is 5.91. The molecule has 0 aliphatic carbocycles. The van der Waals surface area contributed by atoms with Crippen LogP contribution in [0.3, 0.4) is 0 Å².